The highest BCUT2D eigenvalue weighted by Gasteiger charge is 2.05. The Balaban J connectivity index is 2.44. The van der Waals surface area contributed by atoms with Crippen molar-refractivity contribution in [3.63, 3.8) is 0 Å². The van der Waals surface area contributed by atoms with E-state index in [1.54, 1.807) is 11.1 Å². The van der Waals surface area contributed by atoms with Crippen molar-refractivity contribution >= 4 is 0 Å². The van der Waals surface area contributed by atoms with Crippen LogP contribution in [-0.2, 0) is 0 Å². The quantitative estimate of drug-likeness (QED) is 0.524. The molecule has 0 unspecified atom stereocenters. The highest BCUT2D eigenvalue weighted by atomic mass is 14.1. The van der Waals surface area contributed by atoms with Gasteiger partial charge in [0.05, 0.1) is 0 Å². The van der Waals surface area contributed by atoms with Crippen molar-refractivity contribution in [3.05, 3.63) is 23.3 Å². The maximum Gasteiger partial charge on any atom is -0.0136 e. The van der Waals surface area contributed by atoms with Gasteiger partial charge in [0.2, 0.25) is 0 Å². The molecular weight excluding hydrogens is 132 g/mol. The third kappa shape index (κ3) is 2.53. The molecule has 0 aliphatic heterocycles. The van der Waals surface area contributed by atoms with Crippen LogP contribution in [0.1, 0.15) is 46.0 Å². The van der Waals surface area contributed by atoms with Gasteiger partial charge in [-0.1, -0.05) is 36.6 Å². The molecule has 0 saturated carbocycles. The Bertz CT molecular complexity index is 172. The van der Waals surface area contributed by atoms with Crippen LogP contribution in [0.25, 0.3) is 0 Å². The molecule has 0 N–H and O–H groups in total. The van der Waals surface area contributed by atoms with Crippen LogP contribution in [-0.4, -0.2) is 0 Å². The minimum absolute atomic E-state index is 1.21. The zero-order chi connectivity index (χ0) is 8.10. The van der Waals surface area contributed by atoms with Gasteiger partial charge in [-0.25, -0.2) is 0 Å². The van der Waals surface area contributed by atoms with Gasteiger partial charge in [-0.3, -0.25) is 0 Å². The van der Waals surface area contributed by atoms with Gasteiger partial charge in [-0.15, -0.1) is 0 Å². The molecule has 1 aliphatic rings. The first kappa shape index (κ1) is 8.58. The van der Waals surface area contributed by atoms with E-state index in [4.69, 9.17) is 0 Å². The number of allylic oxidation sites excluding steroid dienone is 4. The molecule has 0 bridgehead atoms. The van der Waals surface area contributed by atoms with Crippen LogP contribution in [0.15, 0.2) is 23.3 Å². The van der Waals surface area contributed by atoms with E-state index in [0.29, 0.717) is 0 Å². The van der Waals surface area contributed by atoms with Crippen molar-refractivity contribution in [1.82, 2.24) is 0 Å². The Hall–Kier alpha value is -0.520. The molecule has 0 aromatic heterocycles. The van der Waals surface area contributed by atoms with Crippen molar-refractivity contribution in [2.75, 3.05) is 0 Å². The van der Waals surface area contributed by atoms with E-state index < -0.39 is 0 Å². The second-order valence-electron chi connectivity index (χ2n) is 3.26. The van der Waals surface area contributed by atoms with Crippen molar-refractivity contribution in [2.24, 2.45) is 0 Å². The minimum Gasteiger partial charge on any atom is -0.0881 e. The Kier molecular flexibility index (Phi) is 3.41. The van der Waals surface area contributed by atoms with Crippen LogP contribution < -0.4 is 0 Å². The summed E-state index contributed by atoms with van der Waals surface area (Å²) in [4.78, 5) is 0. The lowest BCUT2D eigenvalue weighted by Gasteiger charge is -2.14. The highest BCUT2D eigenvalue weighted by molar-refractivity contribution is 5.18. The molecule has 0 amide bonds. The van der Waals surface area contributed by atoms with Gasteiger partial charge >= 0.3 is 0 Å². The average Bonchev–Trinajstić information content (AvgIpc) is 2.07. The molecule has 0 spiro atoms. The third-order valence-corrected chi connectivity index (χ3v) is 2.40. The van der Waals surface area contributed by atoms with Gasteiger partial charge in [0, 0.05) is 0 Å². The van der Waals surface area contributed by atoms with Crippen molar-refractivity contribution in [1.29, 1.82) is 0 Å². The predicted molar refractivity (Wildman–Crippen MR) is 50.6 cm³/mol. The molecule has 1 aliphatic carbocycles. The fraction of sp³-hybridized carbons (Fsp3) is 0.636. The first-order chi connectivity index (χ1) is 5.36. The summed E-state index contributed by atoms with van der Waals surface area (Å²) < 4.78 is 0. The van der Waals surface area contributed by atoms with Gasteiger partial charge < -0.3 is 0 Å². The Morgan fingerprint density at radius 3 is 2.73 bits per heavy atom. The lowest BCUT2D eigenvalue weighted by Crippen LogP contribution is -1.94. The summed E-state index contributed by atoms with van der Waals surface area (Å²) in [6.07, 6.45) is 11.1. The first-order valence-corrected chi connectivity index (χ1v) is 4.68. The summed E-state index contributed by atoms with van der Waals surface area (Å²) in [6.45, 7) is 4.40. The zero-order valence-corrected chi connectivity index (χ0v) is 7.69. The molecule has 62 valence electrons. The monoisotopic (exact) mass is 150 g/mol. The summed E-state index contributed by atoms with van der Waals surface area (Å²) in [6, 6.07) is 0. The van der Waals surface area contributed by atoms with Crippen LogP contribution in [0.2, 0.25) is 0 Å². The highest BCUT2D eigenvalue weighted by Crippen LogP contribution is 2.25. The normalized spacial score (nSPS) is 22.0. The van der Waals surface area contributed by atoms with E-state index >= 15 is 0 Å². The standard InChI is InChI=1S/C11H18/c1-3-5-11-8-6-10(4-2)7-9-11/h4,8H,3,5-7,9H2,1-2H3/b10-4+. The lowest BCUT2D eigenvalue weighted by molar-refractivity contribution is 0.768. The van der Waals surface area contributed by atoms with E-state index in [9.17, 15) is 0 Å². The number of hydrogen-bond donors (Lipinski definition) is 0. The molecule has 0 aromatic carbocycles. The summed E-state index contributed by atoms with van der Waals surface area (Å²) >= 11 is 0. The zero-order valence-electron chi connectivity index (χ0n) is 7.69. The van der Waals surface area contributed by atoms with E-state index in [-0.39, 0.29) is 0 Å². The fourth-order valence-corrected chi connectivity index (χ4v) is 1.61. The van der Waals surface area contributed by atoms with Gasteiger partial charge in [0.15, 0.2) is 0 Å². The first-order valence-electron chi connectivity index (χ1n) is 4.68. The molecule has 0 radical (unpaired) electrons. The molecule has 0 aromatic rings. The van der Waals surface area contributed by atoms with Crippen LogP contribution in [0, 0.1) is 0 Å². The molecule has 0 saturated heterocycles. The van der Waals surface area contributed by atoms with Crippen molar-refractivity contribution < 1.29 is 0 Å². The topological polar surface area (TPSA) is 0 Å². The molecule has 0 heterocycles. The predicted octanol–water partition coefficient (Wildman–Crippen LogP) is 3.84. The van der Waals surface area contributed by atoms with Crippen molar-refractivity contribution in [3.8, 4) is 0 Å². The Labute approximate surface area is 70.0 Å². The van der Waals surface area contributed by atoms with Crippen LogP contribution in [0.4, 0.5) is 0 Å². The average molecular weight is 150 g/mol. The maximum atomic E-state index is 2.42. The second-order valence-corrected chi connectivity index (χ2v) is 3.26. The van der Waals surface area contributed by atoms with E-state index in [1.807, 2.05) is 0 Å². The SMILES string of the molecule is C/C=C1\CC=C(CCC)CC1. The molecular formula is C11H18. The van der Waals surface area contributed by atoms with Gasteiger partial charge in [-0.05, 0) is 32.6 Å². The Morgan fingerprint density at radius 1 is 1.45 bits per heavy atom. The van der Waals surface area contributed by atoms with Gasteiger partial charge in [0.1, 0.15) is 0 Å². The molecule has 11 heavy (non-hydrogen) atoms. The van der Waals surface area contributed by atoms with E-state index in [2.05, 4.69) is 26.0 Å². The summed E-state index contributed by atoms with van der Waals surface area (Å²) in [5, 5.41) is 0. The van der Waals surface area contributed by atoms with Crippen molar-refractivity contribution in [2.45, 2.75) is 46.0 Å². The van der Waals surface area contributed by atoms with Crippen LogP contribution in [0.5, 0.6) is 0 Å². The molecule has 0 fully saturated rings. The molecule has 0 atom stereocenters. The van der Waals surface area contributed by atoms with Crippen LogP contribution >= 0.6 is 0 Å². The van der Waals surface area contributed by atoms with Crippen LogP contribution in [0.3, 0.4) is 0 Å². The molecule has 0 heteroatoms. The Morgan fingerprint density at radius 2 is 2.27 bits per heavy atom. The van der Waals surface area contributed by atoms with E-state index in [0.717, 1.165) is 0 Å². The van der Waals surface area contributed by atoms with Gasteiger partial charge in [0.25, 0.3) is 0 Å². The fourth-order valence-electron chi connectivity index (χ4n) is 1.61. The smallest absolute Gasteiger partial charge is 0.0136 e. The third-order valence-electron chi connectivity index (χ3n) is 2.40. The lowest BCUT2D eigenvalue weighted by atomic mass is 9.92. The maximum absolute atomic E-state index is 2.42. The minimum atomic E-state index is 1.21. The molecule has 1 rings (SSSR count). The summed E-state index contributed by atoms with van der Waals surface area (Å²) in [7, 11) is 0. The summed E-state index contributed by atoms with van der Waals surface area (Å²) in [5.74, 6) is 0. The van der Waals surface area contributed by atoms with E-state index in [1.165, 1.54) is 32.1 Å². The largest absolute Gasteiger partial charge is 0.0881 e. The second kappa shape index (κ2) is 4.38. The molecule has 0 nitrogen and oxygen atoms in total. The number of rotatable bonds is 2. The summed E-state index contributed by atoms with van der Waals surface area (Å²) in [5.41, 5.74) is 3.29. The number of hydrogen-bond acceptors (Lipinski definition) is 0. The van der Waals surface area contributed by atoms with Gasteiger partial charge in [-0.2, -0.15) is 0 Å².